The van der Waals surface area contributed by atoms with Crippen LogP contribution in [0.3, 0.4) is 0 Å². The average molecular weight is 488 g/mol. The molecule has 1 saturated carbocycles. The van der Waals surface area contributed by atoms with Crippen molar-refractivity contribution in [1.29, 1.82) is 0 Å². The summed E-state index contributed by atoms with van der Waals surface area (Å²) in [5.74, 6) is 0.946. The third-order valence-electron chi connectivity index (χ3n) is 6.47. The van der Waals surface area contributed by atoms with Gasteiger partial charge in [0.25, 0.3) is 5.91 Å². The van der Waals surface area contributed by atoms with Crippen LogP contribution < -0.4 is 10.1 Å². The molecule has 3 aromatic rings. The van der Waals surface area contributed by atoms with Crippen LogP contribution in [0.1, 0.15) is 56.6 Å². The fraction of sp³-hybridized carbons (Fsp3) is 0.321. The number of benzene rings is 2. The average Bonchev–Trinajstić information content (AvgIpc) is 3.62. The summed E-state index contributed by atoms with van der Waals surface area (Å²) < 4.78 is 6.09. The van der Waals surface area contributed by atoms with Crippen LogP contribution in [0.2, 0.25) is 0 Å². The monoisotopic (exact) mass is 487 g/mol. The SMILES string of the molecule is C=CCNC(=O)c1csc(COc2ccc3c(c2)[C@@H](c2cccc(C)c2)N(C(=O)C2CC2)CC3)n1. The molecule has 2 amide bonds. The first-order valence-corrected chi connectivity index (χ1v) is 12.9. The number of nitrogens with zero attached hydrogens (tertiary/aromatic N) is 2. The fourth-order valence-corrected chi connectivity index (χ4v) is 5.25. The van der Waals surface area contributed by atoms with Crippen LogP contribution in [-0.4, -0.2) is 34.8 Å². The van der Waals surface area contributed by atoms with Crippen molar-refractivity contribution in [2.75, 3.05) is 13.1 Å². The molecule has 35 heavy (non-hydrogen) atoms. The number of thiazole rings is 1. The first-order chi connectivity index (χ1) is 17.0. The van der Waals surface area contributed by atoms with Crippen molar-refractivity contribution in [1.82, 2.24) is 15.2 Å². The number of aromatic nitrogens is 1. The third kappa shape index (κ3) is 5.15. The van der Waals surface area contributed by atoms with Gasteiger partial charge in [0, 0.05) is 24.4 Å². The Morgan fingerprint density at radius 3 is 2.89 bits per heavy atom. The molecule has 2 heterocycles. The Labute approximate surface area is 209 Å². The lowest BCUT2D eigenvalue weighted by atomic mass is 9.87. The maximum atomic E-state index is 13.2. The van der Waals surface area contributed by atoms with Gasteiger partial charge in [-0.3, -0.25) is 9.59 Å². The Hall–Kier alpha value is -3.45. The predicted octanol–water partition coefficient (Wildman–Crippen LogP) is 4.83. The minimum Gasteiger partial charge on any atom is -0.486 e. The van der Waals surface area contributed by atoms with Crippen molar-refractivity contribution >= 4 is 23.2 Å². The van der Waals surface area contributed by atoms with Gasteiger partial charge in [-0.05, 0) is 55.0 Å². The fourth-order valence-electron chi connectivity index (χ4n) is 4.57. The molecule has 2 aliphatic rings. The van der Waals surface area contributed by atoms with Gasteiger partial charge in [0.15, 0.2) is 0 Å². The molecule has 180 valence electrons. The second-order valence-corrected chi connectivity index (χ2v) is 10.1. The Kier molecular flexibility index (Phi) is 6.68. The molecule has 1 aliphatic carbocycles. The summed E-state index contributed by atoms with van der Waals surface area (Å²) in [6, 6.07) is 14.5. The lowest BCUT2D eigenvalue weighted by Crippen LogP contribution is -2.41. The highest BCUT2D eigenvalue weighted by molar-refractivity contribution is 7.09. The summed E-state index contributed by atoms with van der Waals surface area (Å²) in [4.78, 5) is 31.8. The van der Waals surface area contributed by atoms with Gasteiger partial charge >= 0.3 is 0 Å². The highest BCUT2D eigenvalue weighted by Gasteiger charge is 2.39. The second-order valence-electron chi connectivity index (χ2n) is 9.15. The van der Waals surface area contributed by atoms with Crippen molar-refractivity contribution < 1.29 is 14.3 Å². The second kappa shape index (κ2) is 10.0. The number of ether oxygens (including phenoxy) is 1. The molecule has 1 aliphatic heterocycles. The molecule has 2 aromatic carbocycles. The molecular formula is C28H29N3O3S. The summed E-state index contributed by atoms with van der Waals surface area (Å²) in [6.07, 6.45) is 4.46. The van der Waals surface area contributed by atoms with Gasteiger partial charge in [-0.1, -0.05) is 42.0 Å². The van der Waals surface area contributed by atoms with Crippen LogP contribution >= 0.6 is 11.3 Å². The minimum absolute atomic E-state index is 0.115. The highest BCUT2D eigenvalue weighted by Crippen LogP contribution is 2.41. The maximum absolute atomic E-state index is 13.2. The van der Waals surface area contributed by atoms with Crippen molar-refractivity contribution in [3.63, 3.8) is 0 Å². The van der Waals surface area contributed by atoms with Crippen LogP contribution in [0.4, 0.5) is 0 Å². The molecule has 0 bridgehead atoms. The molecule has 5 rings (SSSR count). The summed E-state index contributed by atoms with van der Waals surface area (Å²) in [5.41, 5.74) is 5.07. The molecule has 0 spiro atoms. The highest BCUT2D eigenvalue weighted by atomic mass is 32.1. The van der Waals surface area contributed by atoms with Crippen molar-refractivity contribution in [3.05, 3.63) is 93.5 Å². The van der Waals surface area contributed by atoms with Crippen molar-refractivity contribution in [2.24, 2.45) is 5.92 Å². The first-order valence-electron chi connectivity index (χ1n) is 12.0. The predicted molar refractivity (Wildman–Crippen MR) is 137 cm³/mol. The third-order valence-corrected chi connectivity index (χ3v) is 7.29. The number of aryl methyl sites for hydroxylation is 1. The first kappa shape index (κ1) is 23.3. The summed E-state index contributed by atoms with van der Waals surface area (Å²) in [5, 5.41) is 5.20. The van der Waals surface area contributed by atoms with Crippen LogP contribution in [0.15, 0.2) is 60.5 Å². The van der Waals surface area contributed by atoms with Crippen molar-refractivity contribution in [3.8, 4) is 5.75 Å². The number of amides is 2. The van der Waals surface area contributed by atoms with Crippen LogP contribution in [0.5, 0.6) is 5.75 Å². The number of fused-ring (bicyclic) bond motifs is 1. The number of carbonyl (C=O) groups is 2. The summed E-state index contributed by atoms with van der Waals surface area (Å²) in [7, 11) is 0. The Bertz CT molecular complexity index is 1260. The van der Waals surface area contributed by atoms with Crippen LogP contribution in [0, 0.1) is 12.8 Å². The zero-order valence-electron chi connectivity index (χ0n) is 19.8. The quantitative estimate of drug-likeness (QED) is 0.462. The van der Waals surface area contributed by atoms with E-state index in [0.29, 0.717) is 12.2 Å². The van der Waals surface area contributed by atoms with E-state index >= 15 is 0 Å². The van der Waals surface area contributed by atoms with E-state index in [-0.39, 0.29) is 30.4 Å². The molecule has 0 unspecified atom stereocenters. The topological polar surface area (TPSA) is 71.5 Å². The molecular weight excluding hydrogens is 458 g/mol. The van der Waals surface area contributed by atoms with E-state index in [1.165, 1.54) is 22.5 Å². The zero-order valence-corrected chi connectivity index (χ0v) is 20.6. The number of carbonyl (C=O) groups excluding carboxylic acids is 2. The van der Waals surface area contributed by atoms with Crippen LogP contribution in [-0.2, 0) is 17.8 Å². The molecule has 1 atom stereocenters. The van der Waals surface area contributed by atoms with Gasteiger partial charge in [-0.25, -0.2) is 4.98 Å². The van der Waals surface area contributed by atoms with Gasteiger partial charge in [-0.15, -0.1) is 17.9 Å². The standard InChI is InChI=1S/C28H29N3O3S/c1-3-12-29-27(32)24-17-35-25(30-24)16-34-22-10-9-19-11-13-31(28(33)20-7-8-20)26(23(19)15-22)21-6-4-5-18(2)14-21/h3-6,9-10,14-15,17,20,26H,1,7-8,11-13,16H2,2H3,(H,29,32)/t26-/m1/s1. The maximum Gasteiger partial charge on any atom is 0.271 e. The van der Waals surface area contributed by atoms with Gasteiger partial charge in [0.2, 0.25) is 5.91 Å². The molecule has 0 radical (unpaired) electrons. The number of nitrogens with one attached hydrogen (secondary N) is 1. The molecule has 1 N–H and O–H groups in total. The molecule has 1 fully saturated rings. The largest absolute Gasteiger partial charge is 0.486 e. The Morgan fingerprint density at radius 2 is 2.11 bits per heavy atom. The number of hydrogen-bond acceptors (Lipinski definition) is 5. The molecule has 0 saturated heterocycles. The van der Waals surface area contributed by atoms with Crippen LogP contribution in [0.25, 0.3) is 0 Å². The van der Waals surface area contributed by atoms with E-state index in [1.807, 2.05) is 6.07 Å². The molecule has 1 aromatic heterocycles. The Balaban J connectivity index is 1.38. The van der Waals surface area contributed by atoms with Gasteiger partial charge in [0.05, 0.1) is 6.04 Å². The van der Waals surface area contributed by atoms with E-state index in [1.54, 1.807) is 11.5 Å². The van der Waals surface area contributed by atoms with Gasteiger partial charge < -0.3 is 15.0 Å². The van der Waals surface area contributed by atoms with Gasteiger partial charge in [-0.2, -0.15) is 0 Å². The minimum atomic E-state index is -0.220. The lowest BCUT2D eigenvalue weighted by Gasteiger charge is -2.38. The molecule has 7 heteroatoms. The number of rotatable bonds is 8. The normalized spacial score (nSPS) is 16.9. The molecule has 6 nitrogen and oxygen atoms in total. The summed E-state index contributed by atoms with van der Waals surface area (Å²) in [6.45, 7) is 7.10. The van der Waals surface area contributed by atoms with E-state index in [9.17, 15) is 9.59 Å². The van der Waals surface area contributed by atoms with E-state index in [2.05, 4.69) is 65.1 Å². The van der Waals surface area contributed by atoms with E-state index in [0.717, 1.165) is 47.7 Å². The summed E-state index contributed by atoms with van der Waals surface area (Å²) >= 11 is 1.40. The number of hydrogen-bond donors (Lipinski definition) is 1. The van der Waals surface area contributed by atoms with E-state index in [4.69, 9.17) is 4.74 Å². The van der Waals surface area contributed by atoms with Gasteiger partial charge in [0.1, 0.15) is 23.1 Å². The Morgan fingerprint density at radius 1 is 1.26 bits per heavy atom. The van der Waals surface area contributed by atoms with E-state index < -0.39 is 0 Å². The zero-order chi connectivity index (χ0) is 24.4. The smallest absolute Gasteiger partial charge is 0.271 e. The van der Waals surface area contributed by atoms with Crippen molar-refractivity contribution in [2.45, 2.75) is 38.8 Å². The lowest BCUT2D eigenvalue weighted by molar-refractivity contribution is -0.134.